The van der Waals surface area contributed by atoms with Crippen molar-refractivity contribution < 1.29 is 4.79 Å². The first-order valence-electron chi connectivity index (χ1n) is 9.29. The van der Waals surface area contributed by atoms with E-state index in [1.807, 2.05) is 25.1 Å². The molecule has 0 radical (unpaired) electrons. The topological polar surface area (TPSA) is 63.1 Å². The van der Waals surface area contributed by atoms with Gasteiger partial charge in [0.1, 0.15) is 5.82 Å². The predicted octanol–water partition coefficient (Wildman–Crippen LogP) is 3.09. The number of nitrogens with one attached hydrogen (secondary N) is 1. The Morgan fingerprint density at radius 3 is 2.72 bits per heavy atom. The minimum absolute atomic E-state index is 0.0624. The summed E-state index contributed by atoms with van der Waals surface area (Å²) in [6.45, 7) is 3.38. The van der Waals surface area contributed by atoms with E-state index in [9.17, 15) is 4.79 Å². The van der Waals surface area contributed by atoms with Crippen LogP contribution in [0.5, 0.6) is 0 Å². The highest BCUT2D eigenvalue weighted by atomic mass is 16.1. The Kier molecular flexibility index (Phi) is 3.33. The average molecular weight is 337 g/mol. The van der Waals surface area contributed by atoms with Gasteiger partial charge in [0.2, 0.25) is 5.91 Å². The molecule has 2 aromatic rings. The third kappa shape index (κ3) is 2.69. The van der Waals surface area contributed by atoms with Crippen LogP contribution in [0.25, 0.3) is 0 Å². The van der Waals surface area contributed by atoms with Gasteiger partial charge in [-0.05, 0) is 37.8 Å². The molecule has 6 heteroatoms. The van der Waals surface area contributed by atoms with Gasteiger partial charge in [0.25, 0.3) is 0 Å². The summed E-state index contributed by atoms with van der Waals surface area (Å²) in [4.78, 5) is 14.6. The fraction of sp³-hybridized carbons (Fsp3) is 0.526. The Labute approximate surface area is 147 Å². The Balaban J connectivity index is 1.50. The van der Waals surface area contributed by atoms with Gasteiger partial charge in [0.15, 0.2) is 5.82 Å². The zero-order valence-corrected chi connectivity index (χ0v) is 14.5. The number of benzene rings is 1. The van der Waals surface area contributed by atoms with Crippen molar-refractivity contribution in [2.24, 2.45) is 5.92 Å². The van der Waals surface area contributed by atoms with Crippen molar-refractivity contribution in [3.63, 3.8) is 0 Å². The normalized spacial score (nSPS) is 23.2. The number of hydrogen-bond donors (Lipinski definition) is 1. The van der Waals surface area contributed by atoms with E-state index in [0.717, 1.165) is 17.2 Å². The molecule has 0 saturated heterocycles. The summed E-state index contributed by atoms with van der Waals surface area (Å²) in [5, 5.41) is 12.1. The van der Waals surface area contributed by atoms with Gasteiger partial charge in [-0.1, -0.05) is 19.1 Å². The summed E-state index contributed by atoms with van der Waals surface area (Å²) in [6.07, 6.45) is 4.95. The highest BCUT2D eigenvalue weighted by Gasteiger charge is 2.37. The second kappa shape index (κ2) is 5.58. The maximum absolute atomic E-state index is 12.3. The molecule has 0 spiro atoms. The highest BCUT2D eigenvalue weighted by Crippen LogP contribution is 2.45. The molecule has 1 amide bonds. The van der Waals surface area contributed by atoms with Gasteiger partial charge >= 0.3 is 0 Å². The van der Waals surface area contributed by atoms with E-state index in [2.05, 4.69) is 31.0 Å². The fourth-order valence-electron chi connectivity index (χ4n) is 3.74. The Hall–Kier alpha value is -2.37. The van der Waals surface area contributed by atoms with Gasteiger partial charge in [0.05, 0.1) is 23.8 Å². The zero-order valence-electron chi connectivity index (χ0n) is 14.5. The van der Waals surface area contributed by atoms with Crippen LogP contribution in [0.2, 0.25) is 0 Å². The number of rotatable bonds is 4. The number of anilines is 2. The van der Waals surface area contributed by atoms with Crippen LogP contribution in [0, 0.1) is 5.92 Å². The molecule has 2 saturated carbocycles. The number of aromatic nitrogens is 3. The summed E-state index contributed by atoms with van der Waals surface area (Å²) in [5.41, 5.74) is 1.95. The summed E-state index contributed by atoms with van der Waals surface area (Å²) in [6, 6.07) is 8.62. The number of carbonyl (C=O) groups excluding carboxylic acids is 1. The molecule has 1 aromatic heterocycles. The lowest BCUT2D eigenvalue weighted by atomic mass is 10.1. The summed E-state index contributed by atoms with van der Waals surface area (Å²) < 4.78 is 2.39. The third-order valence-electron chi connectivity index (χ3n) is 5.42. The molecular formula is C19H23N5O. The largest absolute Gasteiger partial charge is 0.362 e. The lowest BCUT2D eigenvalue weighted by molar-refractivity contribution is -0.119. The van der Waals surface area contributed by atoms with Crippen LogP contribution in [0.1, 0.15) is 56.2 Å². The molecule has 1 aliphatic heterocycles. The molecule has 0 unspecified atom stereocenters. The number of amides is 1. The van der Waals surface area contributed by atoms with Gasteiger partial charge in [0, 0.05) is 18.5 Å². The Bertz CT molecular complexity index is 821. The Morgan fingerprint density at radius 1 is 1.16 bits per heavy atom. The second-order valence-electron chi connectivity index (χ2n) is 7.64. The molecule has 3 aliphatic rings. The van der Waals surface area contributed by atoms with Crippen LogP contribution in [0.15, 0.2) is 24.3 Å². The smallest absolute Gasteiger partial charge is 0.229 e. The number of fused-ring (bicyclic) bond motifs is 1. The quantitative estimate of drug-likeness (QED) is 0.931. The summed E-state index contributed by atoms with van der Waals surface area (Å²) in [7, 11) is 0. The lowest BCUT2D eigenvalue weighted by Crippen LogP contribution is -2.31. The van der Waals surface area contributed by atoms with Crippen molar-refractivity contribution in [3.05, 3.63) is 35.9 Å². The third-order valence-corrected chi connectivity index (χ3v) is 5.42. The minimum atomic E-state index is -0.0624. The average Bonchev–Trinajstić information content (AvgIpc) is 3.52. The van der Waals surface area contributed by atoms with E-state index in [1.165, 1.54) is 31.5 Å². The number of para-hydroxylation sites is 2. The number of nitrogens with zero attached hydrogens (tertiary/aromatic N) is 4. The molecule has 2 aliphatic carbocycles. The van der Waals surface area contributed by atoms with Crippen LogP contribution in [-0.4, -0.2) is 27.2 Å². The van der Waals surface area contributed by atoms with Gasteiger partial charge in [-0.15, -0.1) is 10.2 Å². The Morgan fingerprint density at radius 2 is 1.96 bits per heavy atom. The standard InChI is InChI=1S/C19H23N5O/c1-12-10-23(16-5-3-2-4-15(16)20-19(12)25)11-17-21-22-18(13-6-7-13)24(17)14-8-9-14/h2-5,12-14H,6-11H2,1H3,(H,20,25)/t12-/m1/s1. The van der Waals surface area contributed by atoms with E-state index >= 15 is 0 Å². The monoisotopic (exact) mass is 337 g/mol. The van der Waals surface area contributed by atoms with Gasteiger partial charge in [-0.2, -0.15) is 0 Å². The molecule has 6 nitrogen and oxygen atoms in total. The van der Waals surface area contributed by atoms with E-state index in [-0.39, 0.29) is 11.8 Å². The van der Waals surface area contributed by atoms with Crippen LogP contribution in [0.4, 0.5) is 11.4 Å². The van der Waals surface area contributed by atoms with Crippen molar-refractivity contribution in [1.82, 2.24) is 14.8 Å². The molecule has 130 valence electrons. The van der Waals surface area contributed by atoms with Crippen LogP contribution in [0.3, 0.4) is 0 Å². The fourth-order valence-corrected chi connectivity index (χ4v) is 3.74. The predicted molar refractivity (Wildman–Crippen MR) is 95.6 cm³/mol. The van der Waals surface area contributed by atoms with Crippen molar-refractivity contribution in [1.29, 1.82) is 0 Å². The van der Waals surface area contributed by atoms with Crippen LogP contribution >= 0.6 is 0 Å². The van der Waals surface area contributed by atoms with Crippen molar-refractivity contribution in [3.8, 4) is 0 Å². The maximum atomic E-state index is 12.3. The van der Waals surface area contributed by atoms with Gasteiger partial charge < -0.3 is 14.8 Å². The molecule has 25 heavy (non-hydrogen) atoms. The van der Waals surface area contributed by atoms with E-state index in [1.54, 1.807) is 0 Å². The molecule has 1 aromatic carbocycles. The highest BCUT2D eigenvalue weighted by molar-refractivity contribution is 5.97. The first kappa shape index (κ1) is 14.9. The van der Waals surface area contributed by atoms with Crippen molar-refractivity contribution >= 4 is 17.3 Å². The number of carbonyl (C=O) groups is 1. The SMILES string of the molecule is C[C@@H]1CN(Cc2nnc(C3CC3)n2C2CC2)c2ccccc2NC1=O. The first-order chi connectivity index (χ1) is 12.2. The minimum Gasteiger partial charge on any atom is -0.362 e. The maximum Gasteiger partial charge on any atom is 0.229 e. The molecule has 1 atom stereocenters. The zero-order chi connectivity index (χ0) is 17.0. The first-order valence-corrected chi connectivity index (χ1v) is 9.29. The van der Waals surface area contributed by atoms with E-state index in [4.69, 9.17) is 0 Å². The molecule has 5 rings (SSSR count). The van der Waals surface area contributed by atoms with Gasteiger partial charge in [-0.25, -0.2) is 0 Å². The van der Waals surface area contributed by atoms with Crippen molar-refractivity contribution in [2.45, 2.75) is 51.1 Å². The molecule has 2 fully saturated rings. The molecular weight excluding hydrogens is 314 g/mol. The van der Waals surface area contributed by atoms with Crippen LogP contribution in [-0.2, 0) is 11.3 Å². The molecule has 2 heterocycles. The summed E-state index contributed by atoms with van der Waals surface area (Å²) in [5.74, 6) is 2.86. The van der Waals surface area contributed by atoms with Crippen molar-refractivity contribution in [2.75, 3.05) is 16.8 Å². The molecule has 0 bridgehead atoms. The molecule has 1 N–H and O–H groups in total. The van der Waals surface area contributed by atoms with Gasteiger partial charge in [-0.3, -0.25) is 4.79 Å². The lowest BCUT2D eigenvalue weighted by Gasteiger charge is -2.25. The second-order valence-corrected chi connectivity index (χ2v) is 7.64. The summed E-state index contributed by atoms with van der Waals surface area (Å²) >= 11 is 0. The van der Waals surface area contributed by atoms with E-state index in [0.29, 0.717) is 25.0 Å². The van der Waals surface area contributed by atoms with E-state index < -0.39 is 0 Å². The number of hydrogen-bond acceptors (Lipinski definition) is 4. The van der Waals surface area contributed by atoms with Crippen LogP contribution < -0.4 is 10.2 Å².